The van der Waals surface area contributed by atoms with Crippen LogP contribution < -0.4 is 14.8 Å². The lowest BCUT2D eigenvalue weighted by Crippen LogP contribution is -2.38. The van der Waals surface area contributed by atoms with Gasteiger partial charge in [-0.05, 0) is 26.8 Å². The molecule has 7 nitrogen and oxygen atoms in total. The zero-order chi connectivity index (χ0) is 17.2. The van der Waals surface area contributed by atoms with Crippen molar-refractivity contribution in [3.63, 3.8) is 0 Å². The van der Waals surface area contributed by atoms with Crippen molar-refractivity contribution >= 4 is 5.91 Å². The van der Waals surface area contributed by atoms with Crippen molar-refractivity contribution in [2.45, 2.75) is 45.4 Å². The standard InChI is InChI=1S/C17H22N4O3/c1-12(8-21-11-18-10-19-21)20-15(22)9-23-14-6-4-5-13-7-17(2,3)24-16(13)14/h4-6,10-12H,7-9H2,1-3H3,(H,20,22). The third-order valence-corrected chi connectivity index (χ3v) is 3.75. The summed E-state index contributed by atoms with van der Waals surface area (Å²) < 4.78 is 13.3. The highest BCUT2D eigenvalue weighted by Crippen LogP contribution is 2.41. The predicted octanol–water partition coefficient (Wildman–Crippen LogP) is 1.58. The molecule has 1 N–H and O–H groups in total. The first-order valence-electron chi connectivity index (χ1n) is 7.98. The smallest absolute Gasteiger partial charge is 0.258 e. The number of fused-ring (bicyclic) bond motifs is 1. The van der Waals surface area contributed by atoms with Crippen molar-refractivity contribution in [2.75, 3.05) is 6.61 Å². The second-order valence-corrected chi connectivity index (χ2v) is 6.66. The molecule has 24 heavy (non-hydrogen) atoms. The Morgan fingerprint density at radius 1 is 1.50 bits per heavy atom. The molecule has 2 heterocycles. The Kier molecular flexibility index (Phi) is 4.42. The Morgan fingerprint density at radius 3 is 3.08 bits per heavy atom. The van der Waals surface area contributed by atoms with E-state index in [0.717, 1.165) is 17.7 Å². The van der Waals surface area contributed by atoms with Gasteiger partial charge in [0.15, 0.2) is 18.1 Å². The van der Waals surface area contributed by atoms with Crippen LogP contribution in [0, 0.1) is 0 Å². The highest BCUT2D eigenvalue weighted by Gasteiger charge is 2.32. The quantitative estimate of drug-likeness (QED) is 0.870. The maximum Gasteiger partial charge on any atom is 0.258 e. The van der Waals surface area contributed by atoms with Crippen LogP contribution in [0.25, 0.3) is 0 Å². The van der Waals surface area contributed by atoms with Crippen molar-refractivity contribution < 1.29 is 14.3 Å². The lowest BCUT2D eigenvalue weighted by atomic mass is 10.0. The number of benzene rings is 1. The number of para-hydroxylation sites is 1. The topological polar surface area (TPSA) is 78.3 Å². The van der Waals surface area contributed by atoms with Gasteiger partial charge >= 0.3 is 0 Å². The summed E-state index contributed by atoms with van der Waals surface area (Å²) >= 11 is 0. The van der Waals surface area contributed by atoms with Crippen LogP contribution in [-0.2, 0) is 17.8 Å². The molecular weight excluding hydrogens is 308 g/mol. The average molecular weight is 330 g/mol. The van der Waals surface area contributed by atoms with Crippen molar-refractivity contribution in [2.24, 2.45) is 0 Å². The second-order valence-electron chi connectivity index (χ2n) is 6.66. The van der Waals surface area contributed by atoms with Crippen molar-refractivity contribution in [3.05, 3.63) is 36.4 Å². The molecular formula is C17H22N4O3. The van der Waals surface area contributed by atoms with Crippen molar-refractivity contribution in [1.29, 1.82) is 0 Å². The Hall–Kier alpha value is -2.57. The van der Waals surface area contributed by atoms with E-state index in [-0.39, 0.29) is 24.2 Å². The molecule has 1 aliphatic heterocycles. The number of hydrogen-bond acceptors (Lipinski definition) is 5. The fourth-order valence-electron chi connectivity index (χ4n) is 2.81. The van der Waals surface area contributed by atoms with Crippen LogP contribution in [0.1, 0.15) is 26.3 Å². The fourth-order valence-corrected chi connectivity index (χ4v) is 2.81. The zero-order valence-electron chi connectivity index (χ0n) is 14.2. The van der Waals surface area contributed by atoms with Crippen LogP contribution in [0.15, 0.2) is 30.9 Å². The van der Waals surface area contributed by atoms with Gasteiger partial charge in [-0.3, -0.25) is 9.48 Å². The van der Waals surface area contributed by atoms with E-state index in [1.54, 1.807) is 11.0 Å². The molecule has 1 aromatic heterocycles. The number of hydrogen-bond donors (Lipinski definition) is 1. The Morgan fingerprint density at radius 2 is 2.33 bits per heavy atom. The number of carbonyl (C=O) groups is 1. The summed E-state index contributed by atoms with van der Waals surface area (Å²) in [5.74, 6) is 1.17. The molecule has 1 unspecified atom stereocenters. The molecule has 0 spiro atoms. The summed E-state index contributed by atoms with van der Waals surface area (Å²) in [4.78, 5) is 15.9. The average Bonchev–Trinajstić information content (AvgIpc) is 3.10. The zero-order valence-corrected chi connectivity index (χ0v) is 14.2. The van der Waals surface area contributed by atoms with Gasteiger partial charge in [0, 0.05) is 18.0 Å². The van der Waals surface area contributed by atoms with E-state index in [0.29, 0.717) is 12.3 Å². The van der Waals surface area contributed by atoms with Crippen molar-refractivity contribution in [1.82, 2.24) is 20.1 Å². The lowest BCUT2D eigenvalue weighted by molar-refractivity contribution is -0.123. The van der Waals surface area contributed by atoms with Gasteiger partial charge in [0.05, 0.1) is 6.54 Å². The predicted molar refractivity (Wildman–Crippen MR) is 88.0 cm³/mol. The molecule has 0 aliphatic carbocycles. The van der Waals surface area contributed by atoms with E-state index < -0.39 is 0 Å². The molecule has 1 aromatic carbocycles. The minimum Gasteiger partial charge on any atom is -0.483 e. The van der Waals surface area contributed by atoms with E-state index in [9.17, 15) is 4.79 Å². The first-order valence-corrected chi connectivity index (χ1v) is 7.98. The van der Waals surface area contributed by atoms with Crippen LogP contribution in [0.5, 0.6) is 11.5 Å². The first kappa shape index (κ1) is 16.3. The third-order valence-electron chi connectivity index (χ3n) is 3.75. The Bertz CT molecular complexity index is 713. The van der Waals surface area contributed by atoms with E-state index in [1.165, 1.54) is 6.33 Å². The number of aromatic nitrogens is 3. The number of rotatable bonds is 6. The second kappa shape index (κ2) is 6.51. The molecule has 1 amide bonds. The fraction of sp³-hybridized carbons (Fsp3) is 0.471. The minimum absolute atomic E-state index is 0.0536. The van der Waals surface area contributed by atoms with Crippen LogP contribution in [0.4, 0.5) is 0 Å². The minimum atomic E-state index is -0.240. The number of amides is 1. The van der Waals surface area contributed by atoms with Gasteiger partial charge in [0.25, 0.3) is 5.91 Å². The number of ether oxygens (including phenoxy) is 2. The van der Waals surface area contributed by atoms with Gasteiger partial charge in [-0.25, -0.2) is 4.98 Å². The summed E-state index contributed by atoms with van der Waals surface area (Å²) in [6.45, 7) is 6.49. The molecule has 2 aromatic rings. The largest absolute Gasteiger partial charge is 0.483 e. The number of carbonyl (C=O) groups excluding carboxylic acids is 1. The SMILES string of the molecule is CC(Cn1cncn1)NC(=O)COc1cccc2c1OC(C)(C)C2. The molecule has 1 atom stereocenters. The molecule has 0 radical (unpaired) electrons. The first-order chi connectivity index (χ1) is 11.4. The molecule has 0 fully saturated rings. The maximum atomic E-state index is 12.1. The normalized spacial score (nSPS) is 16.1. The molecule has 1 aliphatic rings. The van der Waals surface area contributed by atoms with Crippen LogP contribution in [-0.4, -0.2) is 38.9 Å². The van der Waals surface area contributed by atoms with Crippen molar-refractivity contribution in [3.8, 4) is 11.5 Å². The number of nitrogens with one attached hydrogen (secondary N) is 1. The lowest BCUT2D eigenvalue weighted by Gasteiger charge is -2.18. The van der Waals surface area contributed by atoms with Gasteiger partial charge in [0.1, 0.15) is 18.3 Å². The van der Waals surface area contributed by atoms with Crippen LogP contribution in [0.2, 0.25) is 0 Å². The third kappa shape index (κ3) is 3.84. The summed E-state index contributed by atoms with van der Waals surface area (Å²) in [5.41, 5.74) is 0.869. The van der Waals surface area contributed by atoms with E-state index in [1.807, 2.05) is 39.0 Å². The molecule has 0 saturated carbocycles. The maximum absolute atomic E-state index is 12.1. The summed E-state index contributed by atoms with van der Waals surface area (Å²) in [5, 5.41) is 6.90. The van der Waals surface area contributed by atoms with Crippen LogP contribution >= 0.6 is 0 Å². The summed E-state index contributed by atoms with van der Waals surface area (Å²) in [6.07, 6.45) is 3.92. The molecule has 128 valence electrons. The molecule has 0 saturated heterocycles. The summed E-state index contributed by atoms with van der Waals surface area (Å²) in [6, 6.07) is 5.70. The van der Waals surface area contributed by atoms with Gasteiger partial charge < -0.3 is 14.8 Å². The highest BCUT2D eigenvalue weighted by atomic mass is 16.5. The van der Waals surface area contributed by atoms with Gasteiger partial charge in [0.2, 0.25) is 0 Å². The van der Waals surface area contributed by atoms with E-state index >= 15 is 0 Å². The van der Waals surface area contributed by atoms with Crippen LogP contribution in [0.3, 0.4) is 0 Å². The summed E-state index contributed by atoms with van der Waals surface area (Å²) in [7, 11) is 0. The Balaban J connectivity index is 1.53. The molecule has 7 heteroatoms. The highest BCUT2D eigenvalue weighted by molar-refractivity contribution is 5.77. The molecule has 0 bridgehead atoms. The number of nitrogens with zero attached hydrogens (tertiary/aromatic N) is 3. The van der Waals surface area contributed by atoms with Gasteiger partial charge in [-0.1, -0.05) is 12.1 Å². The van der Waals surface area contributed by atoms with E-state index in [4.69, 9.17) is 9.47 Å². The van der Waals surface area contributed by atoms with E-state index in [2.05, 4.69) is 15.4 Å². The van der Waals surface area contributed by atoms with Gasteiger partial charge in [-0.2, -0.15) is 5.10 Å². The van der Waals surface area contributed by atoms with Gasteiger partial charge in [-0.15, -0.1) is 0 Å². The Labute approximate surface area is 141 Å². The molecule has 3 rings (SSSR count). The monoisotopic (exact) mass is 330 g/mol.